The van der Waals surface area contributed by atoms with Crippen molar-refractivity contribution < 1.29 is 13.9 Å². The molecule has 2 aromatic heterocycles. The second-order valence-electron chi connectivity index (χ2n) is 6.09. The SMILES string of the molecule is CC(=O)NCCc1c[nH]c2c(Oc3ccc4cn[nH]c4c3)cc(F)cc12. The highest BCUT2D eigenvalue weighted by Crippen LogP contribution is 2.33. The first-order valence-electron chi connectivity index (χ1n) is 8.25. The van der Waals surface area contributed by atoms with E-state index < -0.39 is 0 Å². The van der Waals surface area contributed by atoms with E-state index in [0.717, 1.165) is 21.9 Å². The van der Waals surface area contributed by atoms with Crippen LogP contribution in [0.5, 0.6) is 11.5 Å². The van der Waals surface area contributed by atoms with Crippen molar-refractivity contribution in [1.29, 1.82) is 0 Å². The van der Waals surface area contributed by atoms with Gasteiger partial charge in [0, 0.05) is 42.6 Å². The smallest absolute Gasteiger partial charge is 0.216 e. The summed E-state index contributed by atoms with van der Waals surface area (Å²) in [6, 6.07) is 8.35. The van der Waals surface area contributed by atoms with Gasteiger partial charge < -0.3 is 15.0 Å². The van der Waals surface area contributed by atoms with E-state index in [-0.39, 0.29) is 11.7 Å². The van der Waals surface area contributed by atoms with Gasteiger partial charge in [0.15, 0.2) is 5.75 Å². The molecule has 0 bridgehead atoms. The number of nitrogens with zero attached hydrogens (tertiary/aromatic N) is 1. The highest BCUT2D eigenvalue weighted by Gasteiger charge is 2.12. The number of H-pyrrole nitrogens is 2. The van der Waals surface area contributed by atoms with E-state index in [2.05, 4.69) is 20.5 Å². The van der Waals surface area contributed by atoms with E-state index in [1.807, 2.05) is 24.4 Å². The highest BCUT2D eigenvalue weighted by molar-refractivity contribution is 5.89. The van der Waals surface area contributed by atoms with E-state index in [0.29, 0.717) is 30.0 Å². The zero-order valence-electron chi connectivity index (χ0n) is 14.1. The van der Waals surface area contributed by atoms with Crippen LogP contribution in [-0.2, 0) is 11.2 Å². The third-order valence-electron chi connectivity index (χ3n) is 4.21. The van der Waals surface area contributed by atoms with Crippen molar-refractivity contribution in [2.75, 3.05) is 6.54 Å². The minimum absolute atomic E-state index is 0.0887. The third-order valence-corrected chi connectivity index (χ3v) is 4.21. The summed E-state index contributed by atoms with van der Waals surface area (Å²) in [6.07, 6.45) is 4.14. The van der Waals surface area contributed by atoms with Crippen molar-refractivity contribution in [2.24, 2.45) is 0 Å². The Balaban J connectivity index is 1.66. The van der Waals surface area contributed by atoms with E-state index in [1.54, 1.807) is 6.20 Å². The first kappa shape index (κ1) is 16.1. The number of rotatable bonds is 5. The van der Waals surface area contributed by atoms with Crippen LogP contribution in [0.1, 0.15) is 12.5 Å². The molecule has 2 heterocycles. The molecule has 0 spiro atoms. The minimum Gasteiger partial charge on any atom is -0.455 e. The van der Waals surface area contributed by atoms with E-state index in [9.17, 15) is 9.18 Å². The second-order valence-corrected chi connectivity index (χ2v) is 6.09. The molecule has 0 saturated heterocycles. The molecule has 26 heavy (non-hydrogen) atoms. The van der Waals surface area contributed by atoms with Gasteiger partial charge in [-0.15, -0.1) is 0 Å². The van der Waals surface area contributed by atoms with E-state index in [1.165, 1.54) is 19.1 Å². The van der Waals surface area contributed by atoms with E-state index >= 15 is 0 Å². The number of nitrogens with one attached hydrogen (secondary N) is 3. The first-order valence-corrected chi connectivity index (χ1v) is 8.25. The number of hydrogen-bond acceptors (Lipinski definition) is 3. The molecule has 1 amide bonds. The lowest BCUT2D eigenvalue weighted by atomic mass is 10.1. The normalized spacial score (nSPS) is 11.2. The maximum absolute atomic E-state index is 14.1. The number of aromatic nitrogens is 3. The number of aromatic amines is 2. The Bertz CT molecular complexity index is 1100. The summed E-state index contributed by atoms with van der Waals surface area (Å²) in [4.78, 5) is 14.2. The van der Waals surface area contributed by atoms with Crippen LogP contribution in [0.25, 0.3) is 21.8 Å². The zero-order chi connectivity index (χ0) is 18.1. The summed E-state index contributed by atoms with van der Waals surface area (Å²) < 4.78 is 20.0. The lowest BCUT2D eigenvalue weighted by molar-refractivity contribution is -0.118. The van der Waals surface area contributed by atoms with Crippen LogP contribution in [-0.4, -0.2) is 27.6 Å². The number of amides is 1. The number of carbonyl (C=O) groups is 1. The molecule has 4 aromatic rings. The molecule has 4 rings (SSSR count). The fourth-order valence-electron chi connectivity index (χ4n) is 2.99. The fraction of sp³-hybridized carbons (Fsp3) is 0.158. The largest absolute Gasteiger partial charge is 0.455 e. The summed E-state index contributed by atoms with van der Waals surface area (Å²) in [7, 11) is 0. The van der Waals surface area contributed by atoms with Gasteiger partial charge in [-0.05, 0) is 30.2 Å². The zero-order valence-corrected chi connectivity index (χ0v) is 14.1. The minimum atomic E-state index is -0.379. The van der Waals surface area contributed by atoms with Crippen molar-refractivity contribution in [3.63, 3.8) is 0 Å². The van der Waals surface area contributed by atoms with Crippen molar-refractivity contribution in [1.82, 2.24) is 20.5 Å². The van der Waals surface area contributed by atoms with Crippen molar-refractivity contribution in [3.8, 4) is 11.5 Å². The average Bonchev–Trinajstić information content (AvgIpc) is 3.21. The number of ether oxygens (including phenoxy) is 1. The predicted octanol–water partition coefficient (Wildman–Crippen LogP) is 3.65. The number of hydrogen-bond donors (Lipinski definition) is 3. The molecule has 3 N–H and O–H groups in total. The Labute approximate surface area is 148 Å². The van der Waals surface area contributed by atoms with Crippen molar-refractivity contribution >= 4 is 27.7 Å². The summed E-state index contributed by atoms with van der Waals surface area (Å²) in [5.74, 6) is 0.525. The van der Waals surface area contributed by atoms with Gasteiger partial charge in [0.05, 0.1) is 17.2 Å². The number of fused-ring (bicyclic) bond motifs is 2. The number of benzene rings is 2. The Hall–Kier alpha value is -3.35. The Morgan fingerprint density at radius 1 is 1.31 bits per heavy atom. The Morgan fingerprint density at radius 2 is 2.19 bits per heavy atom. The van der Waals surface area contributed by atoms with Gasteiger partial charge >= 0.3 is 0 Å². The fourth-order valence-corrected chi connectivity index (χ4v) is 2.99. The Kier molecular flexibility index (Phi) is 4.04. The molecule has 7 heteroatoms. The van der Waals surface area contributed by atoms with Crippen LogP contribution >= 0.6 is 0 Å². The second kappa shape index (κ2) is 6.51. The highest BCUT2D eigenvalue weighted by atomic mass is 19.1. The molecule has 2 aromatic carbocycles. The molecular weight excluding hydrogens is 335 g/mol. The van der Waals surface area contributed by atoms with Gasteiger partial charge in [-0.1, -0.05) is 0 Å². The van der Waals surface area contributed by atoms with E-state index in [4.69, 9.17) is 4.74 Å². The summed E-state index contributed by atoms with van der Waals surface area (Å²) in [5, 5.41) is 11.3. The molecule has 0 aliphatic carbocycles. The third kappa shape index (κ3) is 3.11. The van der Waals surface area contributed by atoms with Crippen LogP contribution in [0.3, 0.4) is 0 Å². The monoisotopic (exact) mass is 352 g/mol. The average molecular weight is 352 g/mol. The van der Waals surface area contributed by atoms with Crippen molar-refractivity contribution in [3.05, 3.63) is 54.1 Å². The van der Waals surface area contributed by atoms with Gasteiger partial charge in [0.25, 0.3) is 0 Å². The topological polar surface area (TPSA) is 82.8 Å². The summed E-state index contributed by atoms with van der Waals surface area (Å²) >= 11 is 0. The van der Waals surface area contributed by atoms with Gasteiger partial charge in [-0.2, -0.15) is 5.10 Å². The summed E-state index contributed by atoms with van der Waals surface area (Å²) in [6.45, 7) is 1.96. The number of halogens is 1. The molecule has 0 fully saturated rings. The molecule has 6 nitrogen and oxygen atoms in total. The van der Waals surface area contributed by atoms with Crippen LogP contribution < -0.4 is 10.1 Å². The lowest BCUT2D eigenvalue weighted by Crippen LogP contribution is -2.22. The van der Waals surface area contributed by atoms with Gasteiger partial charge in [0.1, 0.15) is 11.6 Å². The molecule has 0 radical (unpaired) electrons. The number of carbonyl (C=O) groups excluding carboxylic acids is 1. The maximum atomic E-state index is 14.1. The molecule has 0 saturated carbocycles. The quantitative estimate of drug-likeness (QED) is 0.513. The van der Waals surface area contributed by atoms with Gasteiger partial charge in [0.2, 0.25) is 5.91 Å². The van der Waals surface area contributed by atoms with Crippen LogP contribution in [0, 0.1) is 5.82 Å². The maximum Gasteiger partial charge on any atom is 0.216 e. The molecular formula is C19H17FN4O2. The van der Waals surface area contributed by atoms with Crippen LogP contribution in [0.4, 0.5) is 4.39 Å². The standard InChI is InChI=1S/C19H17FN4O2/c1-11(25)21-5-4-12-9-22-19-16(12)6-14(20)7-18(19)26-15-3-2-13-10-23-24-17(13)8-15/h2-3,6-10,22H,4-5H2,1H3,(H,21,25)(H,23,24). The molecule has 132 valence electrons. The van der Waals surface area contributed by atoms with Crippen LogP contribution in [0.15, 0.2) is 42.7 Å². The van der Waals surface area contributed by atoms with Gasteiger partial charge in [-0.25, -0.2) is 4.39 Å². The molecule has 0 atom stereocenters. The Morgan fingerprint density at radius 3 is 3.04 bits per heavy atom. The molecule has 0 aliphatic heterocycles. The molecule has 0 unspecified atom stereocenters. The predicted molar refractivity (Wildman–Crippen MR) is 96.8 cm³/mol. The van der Waals surface area contributed by atoms with Crippen molar-refractivity contribution in [2.45, 2.75) is 13.3 Å². The first-order chi connectivity index (χ1) is 12.6. The molecule has 0 aliphatic rings. The van der Waals surface area contributed by atoms with Gasteiger partial charge in [-0.3, -0.25) is 9.89 Å². The summed E-state index contributed by atoms with van der Waals surface area (Å²) in [5.41, 5.74) is 2.48. The lowest BCUT2D eigenvalue weighted by Gasteiger charge is -2.08. The van der Waals surface area contributed by atoms with Crippen LogP contribution in [0.2, 0.25) is 0 Å².